The number of hydrogen-bond donors (Lipinski definition) is 4. The van der Waals surface area contributed by atoms with E-state index in [1.165, 1.54) is 18.5 Å². The van der Waals surface area contributed by atoms with Crippen molar-refractivity contribution in [3.05, 3.63) is 54.5 Å². The van der Waals surface area contributed by atoms with Gasteiger partial charge in [-0.15, -0.1) is 0 Å². The van der Waals surface area contributed by atoms with Crippen LogP contribution in [0.2, 0.25) is 0 Å². The van der Waals surface area contributed by atoms with Crippen LogP contribution in [0.4, 0.5) is 11.5 Å². The molecule has 0 aliphatic carbocycles. The van der Waals surface area contributed by atoms with Crippen molar-refractivity contribution in [1.29, 1.82) is 0 Å². The summed E-state index contributed by atoms with van der Waals surface area (Å²) in [7, 11) is -1.80. The maximum absolute atomic E-state index is 12.5. The topological polar surface area (TPSA) is 149 Å². The molecule has 0 spiro atoms. The highest BCUT2D eigenvalue weighted by molar-refractivity contribution is 7.92. The lowest BCUT2D eigenvalue weighted by molar-refractivity contribution is 0.225. The molecular formula is C22H26N8O3S. The van der Waals surface area contributed by atoms with Crippen molar-refractivity contribution in [3.8, 4) is 11.4 Å². The van der Waals surface area contributed by atoms with Crippen LogP contribution in [0, 0.1) is 6.92 Å². The average molecular weight is 483 g/mol. The van der Waals surface area contributed by atoms with Crippen molar-refractivity contribution >= 4 is 32.6 Å². The first-order valence-electron chi connectivity index (χ1n) is 10.7. The fourth-order valence-electron chi connectivity index (χ4n) is 3.38. The Balaban J connectivity index is 1.56. The molecule has 0 bridgehead atoms. The normalized spacial score (nSPS) is 11.8. The number of nitrogens with one attached hydrogen (secondary N) is 3. The summed E-state index contributed by atoms with van der Waals surface area (Å²) in [6.45, 7) is 3.96. The smallest absolute Gasteiger partial charge is 0.263 e. The van der Waals surface area contributed by atoms with Gasteiger partial charge in [0.05, 0.1) is 12.0 Å². The van der Waals surface area contributed by atoms with Gasteiger partial charge in [-0.1, -0.05) is 0 Å². The van der Waals surface area contributed by atoms with Gasteiger partial charge in [-0.2, -0.15) is 5.10 Å². The van der Waals surface area contributed by atoms with E-state index in [0.29, 0.717) is 41.6 Å². The highest BCUT2D eigenvalue weighted by Crippen LogP contribution is 2.27. The number of nitrogens with zero attached hydrogens (tertiary/aromatic N) is 5. The van der Waals surface area contributed by atoms with E-state index >= 15 is 0 Å². The Kier molecular flexibility index (Phi) is 7.01. The Labute approximate surface area is 197 Å². The fraction of sp³-hybridized carbons (Fsp3) is 0.273. The van der Waals surface area contributed by atoms with E-state index in [1.807, 2.05) is 18.9 Å². The summed E-state index contributed by atoms with van der Waals surface area (Å²) in [5.41, 5.74) is 2.52. The van der Waals surface area contributed by atoms with E-state index in [0.717, 1.165) is 17.6 Å². The van der Waals surface area contributed by atoms with Crippen molar-refractivity contribution in [1.82, 2.24) is 30.0 Å². The van der Waals surface area contributed by atoms with Crippen molar-refractivity contribution < 1.29 is 13.5 Å². The molecule has 0 fully saturated rings. The quantitative estimate of drug-likeness (QED) is 0.266. The SMILES string of the molecule is Cc1[nH]nc2nc(-c3ccc(NS(=O)(=O)c4cccnc4)cc3)nc(NCCN(C)CCO)c12. The number of rotatable bonds is 10. The number of benzene rings is 1. The first-order valence-corrected chi connectivity index (χ1v) is 12.1. The maximum Gasteiger partial charge on any atom is 0.263 e. The molecule has 0 atom stereocenters. The Bertz CT molecular complexity index is 1360. The molecule has 0 amide bonds. The van der Waals surface area contributed by atoms with Crippen LogP contribution >= 0.6 is 0 Å². The summed E-state index contributed by atoms with van der Waals surface area (Å²) in [5.74, 6) is 1.12. The minimum absolute atomic E-state index is 0.0853. The van der Waals surface area contributed by atoms with Crippen LogP contribution in [0.1, 0.15) is 5.69 Å². The van der Waals surface area contributed by atoms with E-state index in [9.17, 15) is 8.42 Å². The molecular weight excluding hydrogens is 456 g/mol. The van der Waals surface area contributed by atoms with Crippen molar-refractivity contribution in [3.63, 3.8) is 0 Å². The fourth-order valence-corrected chi connectivity index (χ4v) is 4.40. The van der Waals surface area contributed by atoms with E-state index in [1.54, 1.807) is 30.3 Å². The van der Waals surface area contributed by atoms with Gasteiger partial charge in [0.15, 0.2) is 11.5 Å². The van der Waals surface area contributed by atoms with E-state index in [4.69, 9.17) is 10.1 Å². The molecule has 0 saturated carbocycles. The molecule has 0 unspecified atom stereocenters. The molecule has 34 heavy (non-hydrogen) atoms. The monoisotopic (exact) mass is 482 g/mol. The molecule has 3 aromatic heterocycles. The van der Waals surface area contributed by atoms with Gasteiger partial charge >= 0.3 is 0 Å². The highest BCUT2D eigenvalue weighted by Gasteiger charge is 2.16. The third-order valence-corrected chi connectivity index (χ3v) is 6.57. The zero-order valence-electron chi connectivity index (χ0n) is 18.9. The zero-order chi connectivity index (χ0) is 24.1. The summed E-state index contributed by atoms with van der Waals surface area (Å²) in [5, 5.41) is 20.5. The van der Waals surface area contributed by atoms with Crippen LogP contribution in [0.3, 0.4) is 0 Å². The summed E-state index contributed by atoms with van der Waals surface area (Å²) in [4.78, 5) is 15.2. The van der Waals surface area contributed by atoms with E-state index < -0.39 is 10.0 Å². The van der Waals surface area contributed by atoms with Gasteiger partial charge in [0.1, 0.15) is 10.7 Å². The molecule has 0 aliphatic heterocycles. The molecule has 11 nitrogen and oxygen atoms in total. The molecule has 0 radical (unpaired) electrons. The third-order valence-electron chi connectivity index (χ3n) is 5.20. The number of anilines is 2. The van der Waals surface area contributed by atoms with Gasteiger partial charge in [0, 0.05) is 49.0 Å². The highest BCUT2D eigenvalue weighted by atomic mass is 32.2. The molecule has 0 saturated heterocycles. The van der Waals surface area contributed by atoms with Crippen LogP contribution in [0.25, 0.3) is 22.4 Å². The van der Waals surface area contributed by atoms with Crippen LogP contribution in [-0.2, 0) is 10.0 Å². The average Bonchev–Trinajstić information content (AvgIpc) is 3.21. The van der Waals surface area contributed by atoms with Crippen molar-refractivity contribution in [2.75, 3.05) is 43.3 Å². The number of aliphatic hydroxyl groups is 1. The minimum Gasteiger partial charge on any atom is -0.395 e. The first kappa shape index (κ1) is 23.5. The van der Waals surface area contributed by atoms with Gasteiger partial charge < -0.3 is 15.3 Å². The molecule has 3 heterocycles. The number of aliphatic hydroxyl groups excluding tert-OH is 1. The lowest BCUT2D eigenvalue weighted by Crippen LogP contribution is -2.28. The van der Waals surface area contributed by atoms with Gasteiger partial charge in [-0.05, 0) is 50.4 Å². The molecule has 0 aliphatic rings. The minimum atomic E-state index is -3.73. The van der Waals surface area contributed by atoms with Crippen LogP contribution in [0.5, 0.6) is 0 Å². The standard InChI is InChI=1S/C22H26N8O3S/c1-15-19-21(24-10-11-30(2)12-13-31)25-20(26-22(19)28-27-15)16-5-7-17(8-6-16)29-34(32,33)18-4-3-9-23-14-18/h3-9,14,29,31H,10-13H2,1-2H3,(H2,24,25,26,27,28). The predicted octanol–water partition coefficient (Wildman–Crippen LogP) is 1.86. The number of aromatic amines is 1. The third kappa shape index (κ3) is 5.30. The Hall–Kier alpha value is -3.61. The Morgan fingerprint density at radius 3 is 2.62 bits per heavy atom. The summed E-state index contributed by atoms with van der Waals surface area (Å²) < 4.78 is 27.6. The van der Waals surface area contributed by atoms with Gasteiger partial charge in [0.2, 0.25) is 0 Å². The molecule has 178 valence electrons. The second kappa shape index (κ2) is 10.1. The zero-order valence-corrected chi connectivity index (χ0v) is 19.7. The number of aromatic nitrogens is 5. The number of sulfonamides is 1. The van der Waals surface area contributed by atoms with Crippen LogP contribution < -0.4 is 10.0 Å². The number of likely N-dealkylation sites (N-methyl/N-ethyl adjacent to an activating group) is 1. The van der Waals surface area contributed by atoms with E-state index in [2.05, 4.69) is 30.2 Å². The van der Waals surface area contributed by atoms with Gasteiger partial charge in [-0.3, -0.25) is 14.8 Å². The summed E-state index contributed by atoms with van der Waals surface area (Å²) in [6.07, 6.45) is 2.81. The summed E-state index contributed by atoms with van der Waals surface area (Å²) >= 11 is 0. The largest absolute Gasteiger partial charge is 0.395 e. The first-order chi connectivity index (χ1) is 16.4. The Morgan fingerprint density at radius 1 is 1.12 bits per heavy atom. The number of H-pyrrole nitrogens is 1. The molecule has 4 aromatic rings. The van der Waals surface area contributed by atoms with Gasteiger partial charge in [-0.25, -0.2) is 18.4 Å². The van der Waals surface area contributed by atoms with E-state index in [-0.39, 0.29) is 11.5 Å². The van der Waals surface area contributed by atoms with Crippen molar-refractivity contribution in [2.24, 2.45) is 0 Å². The predicted molar refractivity (Wildman–Crippen MR) is 130 cm³/mol. The Morgan fingerprint density at radius 2 is 1.91 bits per heavy atom. The molecule has 1 aromatic carbocycles. The van der Waals surface area contributed by atoms with Crippen molar-refractivity contribution in [2.45, 2.75) is 11.8 Å². The molecule has 12 heteroatoms. The number of pyridine rings is 1. The number of hydrogen-bond acceptors (Lipinski definition) is 9. The number of aryl methyl sites for hydroxylation is 1. The second-order valence-corrected chi connectivity index (χ2v) is 9.45. The summed E-state index contributed by atoms with van der Waals surface area (Å²) in [6, 6.07) is 9.86. The van der Waals surface area contributed by atoms with Gasteiger partial charge in [0.25, 0.3) is 10.0 Å². The lowest BCUT2D eigenvalue weighted by atomic mass is 10.2. The van der Waals surface area contributed by atoms with Crippen LogP contribution in [-0.4, -0.2) is 76.9 Å². The maximum atomic E-state index is 12.5. The second-order valence-electron chi connectivity index (χ2n) is 7.77. The lowest BCUT2D eigenvalue weighted by Gasteiger charge is -2.16. The molecule has 4 N–H and O–H groups in total. The molecule has 4 rings (SSSR count). The number of fused-ring (bicyclic) bond motifs is 1. The van der Waals surface area contributed by atoms with Crippen LogP contribution in [0.15, 0.2) is 53.7 Å².